The Bertz CT molecular complexity index is 1290. The van der Waals surface area contributed by atoms with Crippen LogP contribution in [0.25, 0.3) is 5.57 Å². The van der Waals surface area contributed by atoms with Crippen molar-refractivity contribution >= 4 is 40.4 Å². The summed E-state index contributed by atoms with van der Waals surface area (Å²) < 4.78 is 0. The normalized spacial score (nSPS) is 13.5. The Morgan fingerprint density at radius 1 is 0.758 bits per heavy atom. The molecule has 2 N–H and O–H groups in total. The lowest BCUT2D eigenvalue weighted by Crippen LogP contribution is -2.33. The van der Waals surface area contributed by atoms with Crippen LogP contribution in [0.3, 0.4) is 0 Å². The quantitative estimate of drug-likeness (QED) is 0.551. The average Bonchev–Trinajstić information content (AvgIpc) is 3.01. The Morgan fingerprint density at radius 3 is 2.00 bits per heavy atom. The molecule has 3 amide bonds. The SMILES string of the molecule is CC(=O)Nc1ccc(NC2=C(c3ccc(C)cc3)C(=O)N(c3cc(C)ccc3C)C2=O)cc1. The van der Waals surface area contributed by atoms with E-state index in [-0.39, 0.29) is 17.5 Å². The van der Waals surface area contributed by atoms with Crippen LogP contribution in [0.15, 0.2) is 72.4 Å². The summed E-state index contributed by atoms with van der Waals surface area (Å²) in [6.45, 7) is 7.22. The molecule has 0 atom stereocenters. The molecular formula is C27H25N3O3. The number of aryl methyl sites for hydroxylation is 3. The Kier molecular flexibility index (Phi) is 5.84. The summed E-state index contributed by atoms with van der Waals surface area (Å²) >= 11 is 0. The second-order valence-electron chi connectivity index (χ2n) is 8.24. The summed E-state index contributed by atoms with van der Waals surface area (Å²) in [5.74, 6) is -0.939. The second-order valence-corrected chi connectivity index (χ2v) is 8.24. The maximum atomic E-state index is 13.6. The first kappa shape index (κ1) is 22.0. The number of imide groups is 1. The molecule has 0 fully saturated rings. The maximum absolute atomic E-state index is 13.6. The Morgan fingerprint density at radius 2 is 1.36 bits per heavy atom. The third-order valence-corrected chi connectivity index (χ3v) is 5.50. The fourth-order valence-electron chi connectivity index (χ4n) is 3.80. The van der Waals surface area contributed by atoms with E-state index in [1.165, 1.54) is 11.8 Å². The molecule has 4 rings (SSSR count). The van der Waals surface area contributed by atoms with Crippen LogP contribution in [0, 0.1) is 20.8 Å². The summed E-state index contributed by atoms with van der Waals surface area (Å²) in [5, 5.41) is 5.87. The van der Waals surface area contributed by atoms with Crippen LogP contribution in [-0.2, 0) is 14.4 Å². The number of carbonyl (C=O) groups excluding carboxylic acids is 3. The summed E-state index contributed by atoms with van der Waals surface area (Å²) in [4.78, 5) is 39.7. The Labute approximate surface area is 192 Å². The molecule has 3 aromatic rings. The molecule has 6 nitrogen and oxygen atoms in total. The predicted molar refractivity (Wildman–Crippen MR) is 131 cm³/mol. The summed E-state index contributed by atoms with van der Waals surface area (Å²) in [6, 6.07) is 20.2. The van der Waals surface area contributed by atoms with Crippen molar-refractivity contribution in [2.24, 2.45) is 0 Å². The van der Waals surface area contributed by atoms with Gasteiger partial charge in [0.25, 0.3) is 11.8 Å². The number of amides is 3. The third kappa shape index (κ3) is 4.41. The number of hydrogen-bond donors (Lipinski definition) is 2. The molecule has 0 aromatic heterocycles. The van der Waals surface area contributed by atoms with Gasteiger partial charge in [-0.1, -0.05) is 42.0 Å². The maximum Gasteiger partial charge on any atom is 0.282 e. The van der Waals surface area contributed by atoms with Crippen LogP contribution >= 0.6 is 0 Å². The molecule has 0 saturated carbocycles. The average molecular weight is 440 g/mol. The van der Waals surface area contributed by atoms with E-state index >= 15 is 0 Å². The first-order valence-corrected chi connectivity index (χ1v) is 10.7. The van der Waals surface area contributed by atoms with Crippen LogP contribution in [0.1, 0.15) is 29.2 Å². The Balaban J connectivity index is 1.77. The lowest BCUT2D eigenvalue weighted by molar-refractivity contribution is -0.120. The fraction of sp³-hybridized carbons (Fsp3) is 0.148. The van der Waals surface area contributed by atoms with Crippen LogP contribution in [0.2, 0.25) is 0 Å². The summed E-state index contributed by atoms with van der Waals surface area (Å²) in [5.41, 5.74) is 5.93. The van der Waals surface area contributed by atoms with Gasteiger partial charge >= 0.3 is 0 Å². The van der Waals surface area contributed by atoms with E-state index in [4.69, 9.17) is 0 Å². The minimum Gasteiger partial charge on any atom is -0.350 e. The van der Waals surface area contributed by atoms with E-state index in [9.17, 15) is 14.4 Å². The lowest BCUT2D eigenvalue weighted by Gasteiger charge is -2.18. The van der Waals surface area contributed by atoms with E-state index < -0.39 is 5.91 Å². The van der Waals surface area contributed by atoms with Crippen molar-refractivity contribution in [3.63, 3.8) is 0 Å². The van der Waals surface area contributed by atoms with Gasteiger partial charge in [0, 0.05) is 18.3 Å². The number of benzene rings is 3. The summed E-state index contributed by atoms with van der Waals surface area (Å²) in [7, 11) is 0. The molecule has 1 heterocycles. The molecule has 3 aromatic carbocycles. The molecule has 166 valence electrons. The van der Waals surface area contributed by atoms with Crippen LogP contribution in [0.4, 0.5) is 17.1 Å². The van der Waals surface area contributed by atoms with Gasteiger partial charge in [-0.3, -0.25) is 14.4 Å². The number of anilines is 3. The van der Waals surface area contributed by atoms with Crippen LogP contribution in [0.5, 0.6) is 0 Å². The highest BCUT2D eigenvalue weighted by molar-refractivity contribution is 6.46. The van der Waals surface area contributed by atoms with Crippen molar-refractivity contribution in [2.75, 3.05) is 15.5 Å². The van der Waals surface area contributed by atoms with Gasteiger partial charge in [0.1, 0.15) is 5.70 Å². The van der Waals surface area contributed by atoms with Gasteiger partial charge in [-0.05, 0) is 67.8 Å². The molecule has 1 aliphatic heterocycles. The zero-order valence-corrected chi connectivity index (χ0v) is 19.0. The first-order valence-electron chi connectivity index (χ1n) is 10.7. The topological polar surface area (TPSA) is 78.5 Å². The molecule has 0 saturated heterocycles. The third-order valence-electron chi connectivity index (χ3n) is 5.50. The Hall–Kier alpha value is -4.19. The lowest BCUT2D eigenvalue weighted by atomic mass is 10.0. The van der Waals surface area contributed by atoms with Crippen molar-refractivity contribution in [2.45, 2.75) is 27.7 Å². The number of rotatable bonds is 5. The number of nitrogens with one attached hydrogen (secondary N) is 2. The van der Waals surface area contributed by atoms with Crippen molar-refractivity contribution in [1.82, 2.24) is 0 Å². The highest BCUT2D eigenvalue weighted by atomic mass is 16.2. The standard InChI is InChI=1S/C27H25N3O3/c1-16-6-9-20(10-7-16)24-25(29-22-13-11-21(12-14-22)28-19(4)31)27(33)30(26(24)32)23-15-17(2)5-8-18(23)3/h5-15,29H,1-4H3,(H,28,31). The van der Waals surface area contributed by atoms with E-state index in [1.54, 1.807) is 24.3 Å². The van der Waals surface area contributed by atoms with E-state index in [0.29, 0.717) is 28.2 Å². The zero-order chi connectivity index (χ0) is 23.7. The van der Waals surface area contributed by atoms with E-state index in [0.717, 1.165) is 16.7 Å². The minimum atomic E-state index is -0.407. The molecule has 0 aliphatic carbocycles. The summed E-state index contributed by atoms with van der Waals surface area (Å²) in [6.07, 6.45) is 0. The molecule has 0 bridgehead atoms. The minimum absolute atomic E-state index is 0.166. The molecule has 1 aliphatic rings. The smallest absolute Gasteiger partial charge is 0.282 e. The molecule has 33 heavy (non-hydrogen) atoms. The largest absolute Gasteiger partial charge is 0.350 e. The molecule has 0 spiro atoms. The van der Waals surface area contributed by atoms with Crippen LogP contribution < -0.4 is 15.5 Å². The monoisotopic (exact) mass is 439 g/mol. The number of nitrogens with zero attached hydrogens (tertiary/aromatic N) is 1. The first-order chi connectivity index (χ1) is 15.7. The van der Waals surface area contributed by atoms with Crippen molar-refractivity contribution in [3.8, 4) is 0 Å². The van der Waals surface area contributed by atoms with Gasteiger partial charge < -0.3 is 10.6 Å². The van der Waals surface area contributed by atoms with Crippen molar-refractivity contribution in [1.29, 1.82) is 0 Å². The predicted octanol–water partition coefficient (Wildman–Crippen LogP) is 4.97. The van der Waals surface area contributed by atoms with E-state index in [2.05, 4.69) is 10.6 Å². The van der Waals surface area contributed by atoms with Gasteiger partial charge in [-0.2, -0.15) is 0 Å². The molecule has 6 heteroatoms. The molecule has 0 radical (unpaired) electrons. The number of carbonyl (C=O) groups is 3. The molecular weight excluding hydrogens is 414 g/mol. The van der Waals surface area contributed by atoms with E-state index in [1.807, 2.05) is 63.2 Å². The van der Waals surface area contributed by atoms with Gasteiger partial charge in [0.2, 0.25) is 5.91 Å². The highest BCUT2D eigenvalue weighted by Crippen LogP contribution is 2.35. The van der Waals surface area contributed by atoms with Gasteiger partial charge in [0.05, 0.1) is 11.3 Å². The van der Waals surface area contributed by atoms with Gasteiger partial charge in [0.15, 0.2) is 0 Å². The van der Waals surface area contributed by atoms with Gasteiger partial charge in [-0.15, -0.1) is 0 Å². The fourth-order valence-corrected chi connectivity index (χ4v) is 3.80. The van der Waals surface area contributed by atoms with Crippen LogP contribution in [-0.4, -0.2) is 17.7 Å². The van der Waals surface area contributed by atoms with Gasteiger partial charge in [-0.25, -0.2) is 4.90 Å². The van der Waals surface area contributed by atoms with Crippen molar-refractivity contribution < 1.29 is 14.4 Å². The zero-order valence-electron chi connectivity index (χ0n) is 19.0. The van der Waals surface area contributed by atoms with Crippen molar-refractivity contribution in [3.05, 3.63) is 94.7 Å². The highest BCUT2D eigenvalue weighted by Gasteiger charge is 2.40. The number of hydrogen-bond acceptors (Lipinski definition) is 4. The second kappa shape index (κ2) is 8.74. The molecule has 0 unspecified atom stereocenters.